The maximum absolute atomic E-state index is 12.5. The first-order valence-corrected chi connectivity index (χ1v) is 8.83. The van der Waals surface area contributed by atoms with Crippen LogP contribution in [-0.2, 0) is 0 Å². The molecule has 2 N–H and O–H groups in total. The molecular weight excluding hydrogens is 312 g/mol. The van der Waals surface area contributed by atoms with Gasteiger partial charge in [0.1, 0.15) is 0 Å². The van der Waals surface area contributed by atoms with Crippen LogP contribution in [0.25, 0.3) is 0 Å². The van der Waals surface area contributed by atoms with Crippen molar-refractivity contribution in [1.82, 2.24) is 10.2 Å². The number of nitrogens with one attached hydrogen (secondary N) is 1. The number of benzene rings is 1. The van der Waals surface area contributed by atoms with E-state index in [0.29, 0.717) is 18.1 Å². The zero-order valence-corrected chi connectivity index (χ0v) is 14.8. The molecule has 1 aromatic carbocycles. The van der Waals surface area contributed by atoms with E-state index in [4.69, 9.17) is 11.6 Å². The van der Waals surface area contributed by atoms with Gasteiger partial charge in [0.15, 0.2) is 0 Å². The minimum absolute atomic E-state index is 0.00606. The standard InChI is InChI=1S/C18H27ClN2O2/c1-3-16(14-6-5-7-15(19)12-14)20-17(23)21-10-8-18(4-2,13-22)9-11-21/h5-7,12,16,22H,3-4,8-11,13H2,1-2H3,(H,20,23). The van der Waals surface area contributed by atoms with Crippen molar-refractivity contribution in [1.29, 1.82) is 0 Å². The highest BCUT2D eigenvalue weighted by molar-refractivity contribution is 6.30. The Bertz CT molecular complexity index is 522. The number of nitrogens with zero attached hydrogens (tertiary/aromatic N) is 1. The van der Waals surface area contributed by atoms with Gasteiger partial charge in [0.05, 0.1) is 6.04 Å². The van der Waals surface area contributed by atoms with E-state index in [0.717, 1.165) is 31.2 Å². The van der Waals surface area contributed by atoms with Crippen LogP contribution in [0, 0.1) is 5.41 Å². The van der Waals surface area contributed by atoms with Gasteiger partial charge in [0, 0.05) is 24.7 Å². The number of halogens is 1. The summed E-state index contributed by atoms with van der Waals surface area (Å²) in [5, 5.41) is 13.4. The van der Waals surface area contributed by atoms with E-state index in [2.05, 4.69) is 19.2 Å². The number of aliphatic hydroxyl groups is 1. The summed E-state index contributed by atoms with van der Waals surface area (Å²) in [5.74, 6) is 0. The van der Waals surface area contributed by atoms with Crippen LogP contribution in [0.3, 0.4) is 0 Å². The van der Waals surface area contributed by atoms with E-state index in [1.54, 1.807) is 0 Å². The maximum Gasteiger partial charge on any atom is 0.317 e. The predicted octanol–water partition coefficient (Wildman–Crippen LogP) is 3.99. The third kappa shape index (κ3) is 4.39. The minimum atomic E-state index is -0.0306. The monoisotopic (exact) mass is 338 g/mol. The Labute approximate surface area is 143 Å². The summed E-state index contributed by atoms with van der Waals surface area (Å²) in [6, 6.07) is 7.58. The average Bonchev–Trinajstić information content (AvgIpc) is 2.59. The number of hydrogen-bond donors (Lipinski definition) is 2. The van der Waals surface area contributed by atoms with Crippen molar-refractivity contribution >= 4 is 17.6 Å². The number of carbonyl (C=O) groups excluding carboxylic acids is 1. The molecule has 1 aliphatic heterocycles. The third-order valence-electron chi connectivity index (χ3n) is 5.15. The SMILES string of the molecule is CCC(NC(=O)N1CCC(CC)(CO)CC1)c1cccc(Cl)c1. The highest BCUT2D eigenvalue weighted by Crippen LogP contribution is 2.34. The van der Waals surface area contributed by atoms with E-state index in [1.807, 2.05) is 29.2 Å². The first-order chi connectivity index (χ1) is 11.0. The van der Waals surface area contributed by atoms with Crippen molar-refractivity contribution in [3.63, 3.8) is 0 Å². The molecule has 2 amide bonds. The van der Waals surface area contributed by atoms with E-state index in [9.17, 15) is 9.90 Å². The Kier molecular flexibility index (Phi) is 6.31. The van der Waals surface area contributed by atoms with Crippen LogP contribution in [-0.4, -0.2) is 35.7 Å². The normalized spacial score (nSPS) is 18.5. The summed E-state index contributed by atoms with van der Waals surface area (Å²) in [6.07, 6.45) is 3.50. The van der Waals surface area contributed by atoms with Crippen LogP contribution in [0.1, 0.15) is 51.1 Å². The number of rotatable bonds is 5. The molecule has 1 aromatic rings. The molecule has 0 bridgehead atoms. The molecule has 2 rings (SSSR count). The molecule has 0 aliphatic carbocycles. The highest BCUT2D eigenvalue weighted by Gasteiger charge is 2.34. The van der Waals surface area contributed by atoms with Crippen LogP contribution in [0.15, 0.2) is 24.3 Å². The molecule has 128 valence electrons. The molecule has 23 heavy (non-hydrogen) atoms. The van der Waals surface area contributed by atoms with Gasteiger partial charge >= 0.3 is 6.03 Å². The summed E-state index contributed by atoms with van der Waals surface area (Å²) < 4.78 is 0. The molecule has 0 spiro atoms. The van der Waals surface area contributed by atoms with Crippen molar-refractivity contribution < 1.29 is 9.90 Å². The maximum atomic E-state index is 12.5. The molecule has 1 unspecified atom stereocenters. The Morgan fingerprint density at radius 3 is 2.61 bits per heavy atom. The van der Waals surface area contributed by atoms with E-state index in [-0.39, 0.29) is 24.1 Å². The molecular formula is C18H27ClN2O2. The van der Waals surface area contributed by atoms with E-state index < -0.39 is 0 Å². The molecule has 5 heteroatoms. The van der Waals surface area contributed by atoms with Gasteiger partial charge in [-0.15, -0.1) is 0 Å². The summed E-state index contributed by atoms with van der Waals surface area (Å²) in [4.78, 5) is 14.4. The molecule has 1 saturated heterocycles. The van der Waals surface area contributed by atoms with Crippen molar-refractivity contribution in [3.8, 4) is 0 Å². The lowest BCUT2D eigenvalue weighted by Crippen LogP contribution is -2.48. The molecule has 1 aliphatic rings. The van der Waals surface area contributed by atoms with Gasteiger partial charge in [-0.1, -0.05) is 37.6 Å². The van der Waals surface area contributed by atoms with Crippen molar-refractivity contribution in [2.24, 2.45) is 5.41 Å². The fourth-order valence-corrected chi connectivity index (χ4v) is 3.39. The van der Waals surface area contributed by atoms with E-state index in [1.165, 1.54) is 0 Å². The number of amides is 2. The second kappa shape index (κ2) is 8.02. The zero-order chi connectivity index (χ0) is 16.9. The van der Waals surface area contributed by atoms with E-state index >= 15 is 0 Å². The van der Waals surface area contributed by atoms with Gasteiger partial charge in [-0.2, -0.15) is 0 Å². The molecule has 1 fully saturated rings. The van der Waals surface area contributed by atoms with Gasteiger partial charge in [0.2, 0.25) is 0 Å². The van der Waals surface area contributed by atoms with Crippen LogP contribution < -0.4 is 5.32 Å². The van der Waals surface area contributed by atoms with Gasteiger partial charge in [-0.25, -0.2) is 4.79 Å². The Balaban J connectivity index is 1.96. The lowest BCUT2D eigenvalue weighted by atomic mass is 9.77. The smallest absolute Gasteiger partial charge is 0.317 e. The molecule has 0 radical (unpaired) electrons. The topological polar surface area (TPSA) is 52.6 Å². The number of carbonyl (C=O) groups is 1. The lowest BCUT2D eigenvalue weighted by molar-refractivity contribution is 0.0514. The second-order valence-electron chi connectivity index (χ2n) is 6.46. The fourth-order valence-electron chi connectivity index (χ4n) is 3.19. The van der Waals surface area contributed by atoms with Crippen LogP contribution in [0.5, 0.6) is 0 Å². The Hall–Kier alpha value is -1.26. The number of urea groups is 1. The Morgan fingerprint density at radius 1 is 1.39 bits per heavy atom. The van der Waals surface area contributed by atoms with Crippen molar-refractivity contribution in [3.05, 3.63) is 34.9 Å². The van der Waals surface area contributed by atoms with Crippen molar-refractivity contribution in [2.45, 2.75) is 45.6 Å². The molecule has 0 saturated carbocycles. The first-order valence-electron chi connectivity index (χ1n) is 8.45. The number of aliphatic hydroxyl groups excluding tert-OH is 1. The first kappa shape index (κ1) is 18.1. The summed E-state index contributed by atoms with van der Waals surface area (Å²) >= 11 is 6.05. The summed E-state index contributed by atoms with van der Waals surface area (Å²) in [7, 11) is 0. The third-order valence-corrected chi connectivity index (χ3v) is 5.39. The highest BCUT2D eigenvalue weighted by atomic mass is 35.5. The second-order valence-corrected chi connectivity index (χ2v) is 6.90. The molecule has 4 nitrogen and oxygen atoms in total. The van der Waals surface area contributed by atoms with Gasteiger partial charge in [-0.3, -0.25) is 0 Å². The van der Waals surface area contributed by atoms with Crippen molar-refractivity contribution in [2.75, 3.05) is 19.7 Å². The minimum Gasteiger partial charge on any atom is -0.396 e. The molecule has 0 aromatic heterocycles. The molecule has 1 heterocycles. The summed E-state index contributed by atoms with van der Waals surface area (Å²) in [6.45, 7) is 5.77. The quantitative estimate of drug-likeness (QED) is 0.853. The number of hydrogen-bond acceptors (Lipinski definition) is 2. The summed E-state index contributed by atoms with van der Waals surface area (Å²) in [5.41, 5.74) is 1.03. The number of piperidine rings is 1. The van der Waals surface area contributed by atoms with Crippen LogP contribution in [0.4, 0.5) is 4.79 Å². The average molecular weight is 339 g/mol. The van der Waals surface area contributed by atoms with Crippen LogP contribution in [0.2, 0.25) is 5.02 Å². The predicted molar refractivity (Wildman–Crippen MR) is 93.6 cm³/mol. The lowest BCUT2D eigenvalue weighted by Gasteiger charge is -2.40. The van der Waals surface area contributed by atoms with Gasteiger partial charge in [0.25, 0.3) is 0 Å². The number of likely N-dealkylation sites (tertiary alicyclic amines) is 1. The molecule has 1 atom stereocenters. The van der Waals surface area contributed by atoms with Gasteiger partial charge < -0.3 is 15.3 Å². The Morgan fingerprint density at radius 2 is 2.09 bits per heavy atom. The van der Waals surface area contributed by atoms with Crippen LogP contribution >= 0.6 is 11.6 Å². The largest absolute Gasteiger partial charge is 0.396 e. The fraction of sp³-hybridized carbons (Fsp3) is 0.611. The van der Waals surface area contributed by atoms with Gasteiger partial charge in [-0.05, 0) is 48.8 Å². The zero-order valence-electron chi connectivity index (χ0n) is 14.0.